The van der Waals surface area contributed by atoms with E-state index in [1.807, 2.05) is 0 Å². The second kappa shape index (κ2) is 32.4. The number of hydrogen-bond donors (Lipinski definition) is 0. The van der Waals surface area contributed by atoms with Crippen LogP contribution in [0.5, 0.6) is 0 Å². The Morgan fingerprint density at radius 1 is 0.500 bits per heavy atom. The Bertz CT molecular complexity index is 552. The largest absolute Gasteiger partial charge is 1.00 e. The van der Waals surface area contributed by atoms with E-state index in [2.05, 4.69) is 13.8 Å². The van der Waals surface area contributed by atoms with Gasteiger partial charge in [0.25, 0.3) is 10.1 Å². The van der Waals surface area contributed by atoms with Crippen LogP contribution in [0.25, 0.3) is 0 Å². The summed E-state index contributed by atoms with van der Waals surface area (Å²) >= 11 is 0. The summed E-state index contributed by atoms with van der Waals surface area (Å²) in [7, 11) is -4.06. The molecule has 3 nitrogen and oxygen atoms in total. The van der Waals surface area contributed by atoms with E-state index in [-0.39, 0.29) is 44.0 Å². The fraction of sp³-hybridized carbons (Fsp3) is 1.00. The first-order valence-electron chi connectivity index (χ1n) is 16.6. The molecule has 0 aliphatic rings. The molecule has 0 aromatic heterocycles. The average molecular weight is 573 g/mol. The second-order valence-electron chi connectivity index (χ2n) is 11.4. The van der Waals surface area contributed by atoms with Gasteiger partial charge in [0.1, 0.15) is 0 Å². The monoisotopic (exact) mass is 572 g/mol. The maximum absolute atomic E-state index is 14.1. The van der Waals surface area contributed by atoms with Crippen molar-refractivity contribution in [2.45, 2.75) is 199 Å². The van der Waals surface area contributed by atoms with Crippen molar-refractivity contribution in [1.82, 2.24) is 0 Å². The van der Waals surface area contributed by atoms with Gasteiger partial charge in [-0.2, -0.15) is 8.42 Å². The van der Waals surface area contributed by atoms with Gasteiger partial charge in [0.05, 0.1) is 6.61 Å². The molecule has 0 bridgehead atoms. The van der Waals surface area contributed by atoms with Crippen molar-refractivity contribution in [3.63, 3.8) is 0 Å². The van der Waals surface area contributed by atoms with Crippen molar-refractivity contribution >= 4 is 10.1 Å². The van der Waals surface area contributed by atoms with Gasteiger partial charge in [-0.1, -0.05) is 174 Å². The number of alkyl halides is 1. The van der Waals surface area contributed by atoms with Crippen LogP contribution >= 0.6 is 0 Å². The third-order valence-corrected chi connectivity index (χ3v) is 8.95. The van der Waals surface area contributed by atoms with E-state index < -0.39 is 15.6 Å². The van der Waals surface area contributed by atoms with Gasteiger partial charge < -0.3 is 1.43 Å². The van der Waals surface area contributed by atoms with Crippen molar-refractivity contribution in [1.29, 1.82) is 0 Å². The zero-order valence-corrected chi connectivity index (χ0v) is 28.9. The SMILES string of the molecule is CCCCCCCCCCCCCCCCCCCCOS(=O)(=O)C(F)CCCCCCCCCCC.[H-].[Na+]. The van der Waals surface area contributed by atoms with Crippen molar-refractivity contribution in [3.8, 4) is 0 Å². The number of hydrogen-bond acceptors (Lipinski definition) is 3. The number of halogens is 1. The molecule has 0 amide bonds. The van der Waals surface area contributed by atoms with Crippen LogP contribution < -0.4 is 29.6 Å². The van der Waals surface area contributed by atoms with Crippen molar-refractivity contribution in [2.24, 2.45) is 0 Å². The molecule has 0 aromatic rings. The summed E-state index contributed by atoms with van der Waals surface area (Å²) in [5, 5.41) is 0. The van der Waals surface area contributed by atoms with Gasteiger partial charge in [-0.25, -0.2) is 4.39 Å². The van der Waals surface area contributed by atoms with E-state index in [1.165, 1.54) is 135 Å². The Kier molecular flexibility index (Phi) is 34.9. The minimum atomic E-state index is -4.06. The summed E-state index contributed by atoms with van der Waals surface area (Å²) in [6.07, 6.45) is 33.5. The van der Waals surface area contributed by atoms with Crippen LogP contribution in [-0.2, 0) is 14.3 Å². The molecule has 0 aliphatic carbocycles. The van der Waals surface area contributed by atoms with E-state index in [9.17, 15) is 12.8 Å². The molecule has 0 radical (unpaired) electrons. The molecular weight excluding hydrogens is 506 g/mol. The van der Waals surface area contributed by atoms with E-state index in [0.717, 1.165) is 25.7 Å². The number of unbranched alkanes of at least 4 members (excludes halogenated alkanes) is 25. The minimum Gasteiger partial charge on any atom is -1.00 e. The zero-order valence-electron chi connectivity index (χ0n) is 27.1. The molecule has 0 heterocycles. The smallest absolute Gasteiger partial charge is 1.00 e. The first-order chi connectivity index (χ1) is 18.0. The summed E-state index contributed by atoms with van der Waals surface area (Å²) in [6.45, 7) is 4.61. The third-order valence-electron chi connectivity index (χ3n) is 7.59. The van der Waals surface area contributed by atoms with Gasteiger partial charge in [0.2, 0.25) is 5.50 Å². The van der Waals surface area contributed by atoms with Crippen LogP contribution in [-0.4, -0.2) is 20.5 Å². The fourth-order valence-electron chi connectivity index (χ4n) is 5.01. The van der Waals surface area contributed by atoms with E-state index in [0.29, 0.717) is 12.8 Å². The Hall–Kier alpha value is 0.840. The number of rotatable bonds is 31. The average Bonchev–Trinajstić information content (AvgIpc) is 2.88. The van der Waals surface area contributed by atoms with Crippen LogP contribution in [0.2, 0.25) is 0 Å². The van der Waals surface area contributed by atoms with E-state index in [4.69, 9.17) is 4.18 Å². The van der Waals surface area contributed by atoms with Gasteiger partial charge >= 0.3 is 29.6 Å². The molecule has 0 N–H and O–H groups in total. The fourth-order valence-corrected chi connectivity index (χ4v) is 5.97. The predicted molar refractivity (Wildman–Crippen MR) is 162 cm³/mol. The molecule has 226 valence electrons. The van der Waals surface area contributed by atoms with E-state index in [1.54, 1.807) is 0 Å². The van der Waals surface area contributed by atoms with Crippen molar-refractivity contribution in [3.05, 3.63) is 0 Å². The van der Waals surface area contributed by atoms with Crippen LogP contribution in [0, 0.1) is 0 Å². The summed E-state index contributed by atoms with van der Waals surface area (Å²) in [6, 6.07) is 0. The minimum absolute atomic E-state index is 0. The first-order valence-corrected chi connectivity index (χ1v) is 18.0. The van der Waals surface area contributed by atoms with Gasteiger partial charge in [0, 0.05) is 0 Å². The molecule has 0 saturated heterocycles. The summed E-state index contributed by atoms with van der Waals surface area (Å²) < 4.78 is 43.0. The standard InChI is InChI=1S/C32H65FO3S.Na.H/c1-3-5-7-9-11-13-14-15-16-17-18-19-20-21-23-25-27-29-31-36-37(34,35)32(33)30-28-26-24-22-12-10-8-6-4-2;;/h32H,3-31H2,1-2H3;;/q;+1;-1. The normalized spacial score (nSPS) is 12.5. The zero-order chi connectivity index (χ0) is 27.3. The Morgan fingerprint density at radius 2 is 0.763 bits per heavy atom. The maximum atomic E-state index is 14.1. The summed E-state index contributed by atoms with van der Waals surface area (Å²) in [4.78, 5) is 0. The van der Waals surface area contributed by atoms with Crippen LogP contribution in [0.1, 0.15) is 195 Å². The van der Waals surface area contributed by atoms with Gasteiger partial charge in [-0.05, 0) is 19.3 Å². The quantitative estimate of drug-likeness (QED) is 0.0474. The van der Waals surface area contributed by atoms with Gasteiger partial charge in [-0.15, -0.1) is 0 Å². The van der Waals surface area contributed by atoms with Crippen LogP contribution in [0.4, 0.5) is 4.39 Å². The predicted octanol–water partition coefficient (Wildman–Crippen LogP) is 8.71. The van der Waals surface area contributed by atoms with Gasteiger partial charge in [0.15, 0.2) is 0 Å². The molecule has 1 atom stereocenters. The van der Waals surface area contributed by atoms with E-state index >= 15 is 0 Å². The Labute approximate surface area is 262 Å². The van der Waals surface area contributed by atoms with Crippen LogP contribution in [0.15, 0.2) is 0 Å². The third kappa shape index (κ3) is 29.8. The summed E-state index contributed by atoms with van der Waals surface area (Å²) in [5.74, 6) is 0. The molecule has 0 fully saturated rings. The molecule has 6 heteroatoms. The molecule has 0 aliphatic heterocycles. The molecule has 38 heavy (non-hydrogen) atoms. The molecule has 0 spiro atoms. The summed E-state index contributed by atoms with van der Waals surface area (Å²) in [5.41, 5.74) is -1.87. The molecular formula is C32H66FNaO3S. The topological polar surface area (TPSA) is 43.4 Å². The second-order valence-corrected chi connectivity index (χ2v) is 13.1. The Balaban J connectivity index is -0.00000648. The van der Waals surface area contributed by atoms with Crippen molar-refractivity contribution in [2.75, 3.05) is 6.61 Å². The van der Waals surface area contributed by atoms with Crippen molar-refractivity contribution < 1.29 is 48.0 Å². The molecule has 0 saturated carbocycles. The maximum Gasteiger partial charge on any atom is 1.00 e. The van der Waals surface area contributed by atoms with Crippen LogP contribution in [0.3, 0.4) is 0 Å². The molecule has 0 aromatic carbocycles. The Morgan fingerprint density at radius 3 is 1.08 bits per heavy atom. The first kappa shape index (κ1) is 41.0. The van der Waals surface area contributed by atoms with Gasteiger partial charge in [-0.3, -0.25) is 4.18 Å². The molecule has 1 unspecified atom stereocenters. The molecule has 0 rings (SSSR count).